The highest BCUT2D eigenvalue weighted by Crippen LogP contribution is 2.17. The van der Waals surface area contributed by atoms with Gasteiger partial charge in [-0.15, -0.1) is 0 Å². The van der Waals surface area contributed by atoms with Crippen LogP contribution >= 0.6 is 0 Å². The van der Waals surface area contributed by atoms with Gasteiger partial charge < -0.3 is 15.3 Å². The fraction of sp³-hybridized carbons (Fsp3) is 0.462. The third kappa shape index (κ3) is 3.43. The third-order valence-corrected chi connectivity index (χ3v) is 3.18. The average Bonchev–Trinajstić information content (AvgIpc) is 2.89. The van der Waals surface area contributed by atoms with Crippen molar-refractivity contribution < 1.29 is 14.7 Å². The highest BCUT2D eigenvalue weighted by Gasteiger charge is 2.33. The monoisotopic (exact) mass is 263 g/mol. The number of carboxylic acid groups (broad SMARTS) is 1. The lowest BCUT2D eigenvalue weighted by atomic mass is 10.2. The predicted molar refractivity (Wildman–Crippen MR) is 68.7 cm³/mol. The number of pyridine rings is 1. The molecule has 0 saturated carbocycles. The first-order valence-corrected chi connectivity index (χ1v) is 6.35. The van der Waals surface area contributed by atoms with Gasteiger partial charge in [0.1, 0.15) is 6.04 Å². The Kier molecular flexibility index (Phi) is 4.33. The van der Waals surface area contributed by atoms with Crippen LogP contribution in [0.5, 0.6) is 0 Å². The van der Waals surface area contributed by atoms with E-state index in [0.29, 0.717) is 25.9 Å². The summed E-state index contributed by atoms with van der Waals surface area (Å²) < 4.78 is 0. The van der Waals surface area contributed by atoms with Crippen LogP contribution in [-0.4, -0.2) is 46.1 Å². The van der Waals surface area contributed by atoms with Gasteiger partial charge in [-0.3, -0.25) is 4.98 Å². The van der Waals surface area contributed by atoms with Gasteiger partial charge in [0.2, 0.25) is 0 Å². The van der Waals surface area contributed by atoms with Crippen molar-refractivity contribution in [3.8, 4) is 0 Å². The molecule has 2 heterocycles. The Labute approximate surface area is 111 Å². The zero-order valence-corrected chi connectivity index (χ0v) is 10.6. The predicted octanol–water partition coefficient (Wildman–Crippen LogP) is 0.883. The van der Waals surface area contributed by atoms with E-state index in [4.69, 9.17) is 5.11 Å². The number of urea groups is 1. The summed E-state index contributed by atoms with van der Waals surface area (Å²) in [6.45, 7) is 0.963. The summed E-state index contributed by atoms with van der Waals surface area (Å²) in [7, 11) is 0. The molecule has 1 saturated heterocycles. The first kappa shape index (κ1) is 13.3. The highest BCUT2D eigenvalue weighted by molar-refractivity contribution is 5.83. The van der Waals surface area contributed by atoms with Crippen LogP contribution < -0.4 is 5.32 Å². The van der Waals surface area contributed by atoms with Crippen molar-refractivity contribution >= 4 is 12.0 Å². The standard InChI is InChI=1S/C13H17N3O3/c17-12(18)11-5-3-9-16(11)13(19)15-8-6-10-4-1-2-7-14-10/h1-2,4,7,11H,3,5-6,8-9H2,(H,15,19)(H,17,18)/t11-/m0/s1. The number of aliphatic carboxylic acids is 1. The Balaban J connectivity index is 1.80. The number of carbonyl (C=O) groups is 2. The molecule has 1 atom stereocenters. The molecule has 102 valence electrons. The number of hydrogen-bond donors (Lipinski definition) is 2. The van der Waals surface area contributed by atoms with Crippen LogP contribution in [-0.2, 0) is 11.2 Å². The van der Waals surface area contributed by atoms with Gasteiger partial charge in [-0.2, -0.15) is 0 Å². The smallest absolute Gasteiger partial charge is 0.326 e. The average molecular weight is 263 g/mol. The Morgan fingerprint density at radius 3 is 3.00 bits per heavy atom. The second-order valence-corrected chi connectivity index (χ2v) is 4.49. The minimum absolute atomic E-state index is 0.305. The van der Waals surface area contributed by atoms with E-state index in [1.54, 1.807) is 6.20 Å². The molecule has 1 fully saturated rings. The fourth-order valence-electron chi connectivity index (χ4n) is 2.21. The number of carbonyl (C=O) groups excluding carboxylic acids is 1. The number of hydrogen-bond acceptors (Lipinski definition) is 3. The summed E-state index contributed by atoms with van der Waals surface area (Å²) in [5.41, 5.74) is 0.902. The highest BCUT2D eigenvalue weighted by atomic mass is 16.4. The van der Waals surface area contributed by atoms with Crippen LogP contribution in [0.1, 0.15) is 18.5 Å². The first-order valence-electron chi connectivity index (χ1n) is 6.35. The molecule has 0 unspecified atom stereocenters. The van der Waals surface area contributed by atoms with Crippen LogP contribution in [0.3, 0.4) is 0 Å². The van der Waals surface area contributed by atoms with E-state index in [0.717, 1.165) is 12.1 Å². The zero-order chi connectivity index (χ0) is 13.7. The molecule has 0 radical (unpaired) electrons. The maximum absolute atomic E-state index is 11.9. The zero-order valence-electron chi connectivity index (χ0n) is 10.6. The topological polar surface area (TPSA) is 82.5 Å². The molecular formula is C13H17N3O3. The quantitative estimate of drug-likeness (QED) is 0.845. The van der Waals surface area contributed by atoms with E-state index in [1.165, 1.54) is 4.90 Å². The molecular weight excluding hydrogens is 246 g/mol. The number of nitrogens with one attached hydrogen (secondary N) is 1. The molecule has 0 aromatic carbocycles. The van der Waals surface area contributed by atoms with Crippen LogP contribution in [0.2, 0.25) is 0 Å². The van der Waals surface area contributed by atoms with E-state index < -0.39 is 12.0 Å². The van der Waals surface area contributed by atoms with Crippen molar-refractivity contribution in [1.29, 1.82) is 0 Å². The molecule has 6 heteroatoms. The lowest BCUT2D eigenvalue weighted by Crippen LogP contribution is -2.46. The lowest BCUT2D eigenvalue weighted by Gasteiger charge is -2.21. The fourth-order valence-corrected chi connectivity index (χ4v) is 2.21. The molecule has 6 nitrogen and oxygen atoms in total. The molecule has 2 N–H and O–H groups in total. The summed E-state index contributed by atoms with van der Waals surface area (Å²) in [6.07, 6.45) is 3.61. The molecule has 2 rings (SSSR count). The second-order valence-electron chi connectivity index (χ2n) is 4.49. The number of aromatic nitrogens is 1. The molecule has 0 bridgehead atoms. The summed E-state index contributed by atoms with van der Waals surface area (Å²) in [4.78, 5) is 28.4. The maximum atomic E-state index is 11.9. The van der Waals surface area contributed by atoms with Crippen molar-refractivity contribution in [2.75, 3.05) is 13.1 Å². The maximum Gasteiger partial charge on any atom is 0.326 e. The summed E-state index contributed by atoms with van der Waals surface area (Å²) >= 11 is 0. The van der Waals surface area contributed by atoms with Crippen molar-refractivity contribution in [1.82, 2.24) is 15.2 Å². The summed E-state index contributed by atoms with van der Waals surface area (Å²) in [5, 5.41) is 11.7. The van der Waals surface area contributed by atoms with Gasteiger partial charge in [-0.1, -0.05) is 6.07 Å². The van der Waals surface area contributed by atoms with Gasteiger partial charge >= 0.3 is 12.0 Å². The molecule has 1 aliphatic rings. The van der Waals surface area contributed by atoms with E-state index in [1.807, 2.05) is 18.2 Å². The summed E-state index contributed by atoms with van der Waals surface area (Å²) in [6, 6.07) is 4.63. The largest absolute Gasteiger partial charge is 0.480 e. The molecule has 1 aromatic heterocycles. The number of likely N-dealkylation sites (tertiary alicyclic amines) is 1. The Hall–Kier alpha value is -2.11. The van der Waals surface area contributed by atoms with Crippen molar-refractivity contribution in [2.45, 2.75) is 25.3 Å². The van der Waals surface area contributed by atoms with Gasteiger partial charge in [0.05, 0.1) is 0 Å². The van der Waals surface area contributed by atoms with Crippen LogP contribution in [0.15, 0.2) is 24.4 Å². The lowest BCUT2D eigenvalue weighted by molar-refractivity contribution is -0.141. The third-order valence-electron chi connectivity index (χ3n) is 3.18. The molecule has 0 aliphatic carbocycles. The molecule has 2 amide bonds. The normalized spacial score (nSPS) is 18.3. The Bertz CT molecular complexity index is 450. The van der Waals surface area contributed by atoms with Crippen molar-refractivity contribution in [3.63, 3.8) is 0 Å². The van der Waals surface area contributed by atoms with Gasteiger partial charge in [-0.05, 0) is 25.0 Å². The molecule has 0 spiro atoms. The van der Waals surface area contributed by atoms with Gasteiger partial charge in [0.25, 0.3) is 0 Å². The first-order chi connectivity index (χ1) is 9.18. The minimum Gasteiger partial charge on any atom is -0.480 e. The van der Waals surface area contributed by atoms with E-state index in [9.17, 15) is 9.59 Å². The van der Waals surface area contributed by atoms with E-state index >= 15 is 0 Å². The van der Waals surface area contributed by atoms with Gasteiger partial charge in [0, 0.05) is 31.4 Å². The second kappa shape index (κ2) is 6.17. The SMILES string of the molecule is O=C(O)[C@@H]1CCCN1C(=O)NCCc1ccccn1. The van der Waals surface area contributed by atoms with Gasteiger partial charge in [0.15, 0.2) is 0 Å². The molecule has 1 aliphatic heterocycles. The van der Waals surface area contributed by atoms with Gasteiger partial charge in [-0.25, -0.2) is 9.59 Å². The summed E-state index contributed by atoms with van der Waals surface area (Å²) in [5.74, 6) is -0.933. The number of carboxylic acids is 1. The number of amides is 2. The minimum atomic E-state index is -0.933. The van der Waals surface area contributed by atoms with Crippen molar-refractivity contribution in [3.05, 3.63) is 30.1 Å². The van der Waals surface area contributed by atoms with Crippen molar-refractivity contribution in [2.24, 2.45) is 0 Å². The number of rotatable bonds is 4. The Morgan fingerprint density at radius 1 is 1.47 bits per heavy atom. The van der Waals surface area contributed by atoms with E-state index in [-0.39, 0.29) is 6.03 Å². The molecule has 19 heavy (non-hydrogen) atoms. The Morgan fingerprint density at radius 2 is 2.32 bits per heavy atom. The van der Waals surface area contributed by atoms with E-state index in [2.05, 4.69) is 10.3 Å². The number of nitrogens with zero attached hydrogens (tertiary/aromatic N) is 2. The van der Waals surface area contributed by atoms with Crippen LogP contribution in [0.4, 0.5) is 4.79 Å². The molecule has 1 aromatic rings. The van der Waals surface area contributed by atoms with Crippen LogP contribution in [0, 0.1) is 0 Å². The van der Waals surface area contributed by atoms with Crippen LogP contribution in [0.25, 0.3) is 0 Å².